The third-order valence-corrected chi connectivity index (χ3v) is 5.76. The molecule has 1 aromatic rings. The molecule has 29 heavy (non-hydrogen) atoms. The van der Waals surface area contributed by atoms with E-state index in [0.717, 1.165) is 63.0 Å². The highest BCUT2D eigenvalue weighted by atomic mass is 16.5. The lowest BCUT2D eigenvalue weighted by Crippen LogP contribution is -2.47. The second-order valence-electron chi connectivity index (χ2n) is 8.13. The number of unbranched alkanes of at least 4 members (excludes halogenated alkanes) is 2. The molecule has 2 aliphatic rings. The van der Waals surface area contributed by atoms with E-state index in [1.54, 1.807) is 7.11 Å². The number of aliphatic imine (C=N–C) groups is 1. The number of ether oxygens (including phenoxy) is 2. The first-order valence-electron chi connectivity index (χ1n) is 11.3. The van der Waals surface area contributed by atoms with Gasteiger partial charge in [0.05, 0.1) is 12.6 Å². The van der Waals surface area contributed by atoms with Crippen LogP contribution >= 0.6 is 0 Å². The quantitative estimate of drug-likeness (QED) is 0.353. The Bertz CT molecular complexity index is 627. The van der Waals surface area contributed by atoms with Crippen molar-refractivity contribution in [3.63, 3.8) is 0 Å². The van der Waals surface area contributed by atoms with Crippen molar-refractivity contribution in [2.24, 2.45) is 4.99 Å². The van der Waals surface area contributed by atoms with Gasteiger partial charge in [-0.15, -0.1) is 0 Å². The first-order chi connectivity index (χ1) is 14.3. The predicted octanol–water partition coefficient (Wildman–Crippen LogP) is 2.42. The second kappa shape index (κ2) is 12.1. The summed E-state index contributed by atoms with van der Waals surface area (Å²) in [7, 11) is 3.50. The third-order valence-electron chi connectivity index (χ3n) is 5.76. The van der Waals surface area contributed by atoms with Crippen LogP contribution in [0.2, 0.25) is 0 Å². The highest BCUT2D eigenvalue weighted by Gasteiger charge is 2.22. The fourth-order valence-electron chi connectivity index (χ4n) is 4.15. The number of aromatic nitrogens is 3. The van der Waals surface area contributed by atoms with Crippen LogP contribution in [-0.2, 0) is 29.0 Å². The van der Waals surface area contributed by atoms with Crippen LogP contribution in [0.1, 0.15) is 69.4 Å². The van der Waals surface area contributed by atoms with Crippen molar-refractivity contribution in [2.75, 3.05) is 27.3 Å². The number of hydrogen-bond donors (Lipinski definition) is 2. The van der Waals surface area contributed by atoms with Crippen molar-refractivity contribution in [3.05, 3.63) is 11.6 Å². The Balaban J connectivity index is 1.27. The summed E-state index contributed by atoms with van der Waals surface area (Å²) in [5, 5.41) is 11.5. The zero-order chi connectivity index (χ0) is 20.3. The van der Waals surface area contributed by atoms with E-state index in [0.29, 0.717) is 18.8 Å². The van der Waals surface area contributed by atoms with E-state index in [9.17, 15) is 0 Å². The van der Waals surface area contributed by atoms with Gasteiger partial charge in [0, 0.05) is 39.8 Å². The standard InChI is InChI=1S/C21H38N6O2/c1-22-21(23-13-7-4-8-14-29-18-9-5-3-6-10-18)24-17-11-12-20-25-19(16-28-2)26-27(20)15-17/h17-18H,3-16H2,1-2H3,(H2,22,23,24). The molecule has 2 heterocycles. The summed E-state index contributed by atoms with van der Waals surface area (Å²) < 4.78 is 13.1. The van der Waals surface area contributed by atoms with Crippen LogP contribution in [0, 0.1) is 0 Å². The molecule has 0 radical (unpaired) electrons. The molecule has 8 nitrogen and oxygen atoms in total. The topological polar surface area (TPSA) is 85.6 Å². The molecule has 0 saturated heterocycles. The molecule has 1 fully saturated rings. The molecular formula is C21H38N6O2. The summed E-state index contributed by atoms with van der Waals surface area (Å²) in [4.78, 5) is 8.90. The molecule has 1 aromatic heterocycles. The Kier molecular flexibility index (Phi) is 9.21. The molecule has 3 rings (SSSR count). The van der Waals surface area contributed by atoms with Crippen molar-refractivity contribution in [1.82, 2.24) is 25.4 Å². The minimum atomic E-state index is 0.315. The van der Waals surface area contributed by atoms with Crippen LogP contribution in [0.3, 0.4) is 0 Å². The average molecular weight is 407 g/mol. The van der Waals surface area contributed by atoms with Gasteiger partial charge in [-0.3, -0.25) is 4.99 Å². The molecule has 1 aliphatic heterocycles. The van der Waals surface area contributed by atoms with E-state index >= 15 is 0 Å². The predicted molar refractivity (Wildman–Crippen MR) is 114 cm³/mol. The van der Waals surface area contributed by atoms with E-state index in [1.807, 2.05) is 11.7 Å². The lowest BCUT2D eigenvalue weighted by molar-refractivity contribution is 0.0264. The van der Waals surface area contributed by atoms with Crippen LogP contribution in [0.5, 0.6) is 0 Å². The number of rotatable bonds is 10. The Hall–Kier alpha value is -1.67. The first kappa shape index (κ1) is 22.0. The number of fused-ring (bicyclic) bond motifs is 1. The lowest BCUT2D eigenvalue weighted by Gasteiger charge is -2.25. The van der Waals surface area contributed by atoms with E-state index in [1.165, 1.54) is 38.5 Å². The van der Waals surface area contributed by atoms with Crippen LogP contribution in [0.15, 0.2) is 4.99 Å². The van der Waals surface area contributed by atoms with Gasteiger partial charge in [-0.1, -0.05) is 19.3 Å². The average Bonchev–Trinajstić information content (AvgIpc) is 3.15. The highest BCUT2D eigenvalue weighted by molar-refractivity contribution is 5.79. The monoisotopic (exact) mass is 406 g/mol. The van der Waals surface area contributed by atoms with Gasteiger partial charge in [0.1, 0.15) is 12.4 Å². The lowest BCUT2D eigenvalue weighted by atomic mass is 9.98. The van der Waals surface area contributed by atoms with Gasteiger partial charge in [-0.2, -0.15) is 5.10 Å². The molecule has 1 aliphatic carbocycles. The van der Waals surface area contributed by atoms with Crippen LogP contribution in [-0.4, -0.2) is 60.2 Å². The summed E-state index contributed by atoms with van der Waals surface area (Å²) in [5.41, 5.74) is 0. The molecular weight excluding hydrogens is 368 g/mol. The molecule has 164 valence electrons. The number of nitrogens with zero attached hydrogens (tertiary/aromatic N) is 4. The maximum Gasteiger partial charge on any atom is 0.191 e. The van der Waals surface area contributed by atoms with Crippen molar-refractivity contribution in [1.29, 1.82) is 0 Å². The Morgan fingerprint density at radius 2 is 2.03 bits per heavy atom. The molecule has 1 saturated carbocycles. The summed E-state index contributed by atoms with van der Waals surface area (Å²) >= 11 is 0. The third kappa shape index (κ3) is 7.26. The van der Waals surface area contributed by atoms with E-state index in [2.05, 4.69) is 25.7 Å². The molecule has 0 aromatic carbocycles. The van der Waals surface area contributed by atoms with Crippen LogP contribution < -0.4 is 10.6 Å². The van der Waals surface area contributed by atoms with Gasteiger partial charge in [0.2, 0.25) is 0 Å². The zero-order valence-corrected chi connectivity index (χ0v) is 18.2. The van der Waals surface area contributed by atoms with Crippen molar-refractivity contribution < 1.29 is 9.47 Å². The number of methoxy groups -OCH3 is 1. The van der Waals surface area contributed by atoms with Crippen molar-refractivity contribution >= 4 is 5.96 Å². The molecule has 1 atom stereocenters. The number of aryl methyl sites for hydroxylation is 1. The van der Waals surface area contributed by atoms with Gasteiger partial charge in [-0.05, 0) is 38.5 Å². The molecule has 0 spiro atoms. The fourth-order valence-corrected chi connectivity index (χ4v) is 4.15. The summed E-state index contributed by atoms with van der Waals surface area (Å²) in [6.45, 7) is 3.12. The summed E-state index contributed by atoms with van der Waals surface area (Å²) in [5.74, 6) is 2.68. The number of hydrogen-bond acceptors (Lipinski definition) is 5. The fraction of sp³-hybridized carbons (Fsp3) is 0.857. The SMILES string of the molecule is CN=C(NCCCCCOC1CCCCC1)NC1CCc2nc(COC)nn2C1. The zero-order valence-electron chi connectivity index (χ0n) is 18.2. The van der Waals surface area contributed by atoms with Crippen molar-refractivity contribution in [3.8, 4) is 0 Å². The number of guanidine groups is 1. The van der Waals surface area contributed by atoms with Gasteiger partial charge in [-0.25, -0.2) is 9.67 Å². The largest absolute Gasteiger partial charge is 0.378 e. The molecule has 1 unspecified atom stereocenters. The van der Waals surface area contributed by atoms with Crippen LogP contribution in [0.25, 0.3) is 0 Å². The van der Waals surface area contributed by atoms with E-state index in [-0.39, 0.29) is 0 Å². The second-order valence-corrected chi connectivity index (χ2v) is 8.13. The highest BCUT2D eigenvalue weighted by Crippen LogP contribution is 2.20. The molecule has 0 amide bonds. The van der Waals surface area contributed by atoms with Gasteiger partial charge in [0.15, 0.2) is 11.8 Å². The first-order valence-corrected chi connectivity index (χ1v) is 11.3. The van der Waals surface area contributed by atoms with E-state index in [4.69, 9.17) is 9.47 Å². The molecule has 8 heteroatoms. The van der Waals surface area contributed by atoms with Gasteiger partial charge < -0.3 is 20.1 Å². The molecule has 2 N–H and O–H groups in total. The van der Waals surface area contributed by atoms with Crippen LogP contribution in [0.4, 0.5) is 0 Å². The minimum Gasteiger partial charge on any atom is -0.378 e. The Labute approximate surface area is 174 Å². The van der Waals surface area contributed by atoms with Crippen molar-refractivity contribution in [2.45, 2.75) is 89.5 Å². The normalized spacial score (nSPS) is 20.5. The van der Waals surface area contributed by atoms with E-state index < -0.39 is 0 Å². The smallest absolute Gasteiger partial charge is 0.191 e. The summed E-state index contributed by atoms with van der Waals surface area (Å²) in [6, 6.07) is 0.315. The Morgan fingerprint density at radius 1 is 1.17 bits per heavy atom. The maximum atomic E-state index is 6.00. The van der Waals surface area contributed by atoms with Gasteiger partial charge in [0.25, 0.3) is 0 Å². The molecule has 0 bridgehead atoms. The number of nitrogens with one attached hydrogen (secondary N) is 2. The minimum absolute atomic E-state index is 0.315. The Morgan fingerprint density at radius 3 is 2.83 bits per heavy atom. The summed E-state index contributed by atoms with van der Waals surface area (Å²) in [6.07, 6.45) is 12.5. The maximum absolute atomic E-state index is 6.00. The van der Waals surface area contributed by atoms with Gasteiger partial charge >= 0.3 is 0 Å².